The number of hydrogen-bond donors (Lipinski definition) is 0. The van der Waals surface area contributed by atoms with Crippen LogP contribution in [-0.4, -0.2) is 24.6 Å². The van der Waals surface area contributed by atoms with Gasteiger partial charge in [0.2, 0.25) is 0 Å². The maximum atomic E-state index is 7.01. The summed E-state index contributed by atoms with van der Waals surface area (Å²) in [6.45, 7) is 0. The summed E-state index contributed by atoms with van der Waals surface area (Å²) >= 11 is 0. The van der Waals surface area contributed by atoms with E-state index in [1.165, 1.54) is 17.2 Å². The molecule has 2 rings (SSSR count). The van der Waals surface area contributed by atoms with Gasteiger partial charge in [-0.3, -0.25) is 0 Å². The summed E-state index contributed by atoms with van der Waals surface area (Å²) < 4.78 is 8.36. The molecule has 0 saturated carbocycles. The molecule has 0 amide bonds. The second-order valence-corrected chi connectivity index (χ2v) is 1.47. The Balaban J connectivity index is 2.88. The quantitative estimate of drug-likeness (QED) is 0.473. The van der Waals surface area contributed by atoms with Crippen molar-refractivity contribution in [1.82, 2.24) is 24.6 Å². The molecule has 44 valence electrons. The molecule has 0 fully saturated rings. The zero-order chi connectivity index (χ0) is 6.97. The van der Waals surface area contributed by atoms with Gasteiger partial charge in [-0.15, -0.1) is 0 Å². The predicted octanol–water partition coefficient (Wildman–Crippen LogP) is -0.481. The third-order valence-electron chi connectivity index (χ3n) is 0.923. The van der Waals surface area contributed by atoms with Crippen LogP contribution < -0.4 is 0 Å². The number of fused-ring (bicyclic) bond motifs is 1. The Morgan fingerprint density at radius 2 is 2.56 bits per heavy atom. The van der Waals surface area contributed by atoms with Gasteiger partial charge in [0.25, 0.3) is 5.78 Å². The van der Waals surface area contributed by atoms with Crippen molar-refractivity contribution in [3.8, 4) is 0 Å². The van der Waals surface area contributed by atoms with E-state index in [9.17, 15) is 0 Å². The SMILES string of the molecule is [2H]c1nc2ncncn2n1. The van der Waals surface area contributed by atoms with Crippen LogP contribution in [0, 0.1) is 0 Å². The van der Waals surface area contributed by atoms with Gasteiger partial charge in [0.05, 0.1) is 0 Å². The summed E-state index contributed by atoms with van der Waals surface area (Å²) in [7, 11) is 0. The molecule has 9 heavy (non-hydrogen) atoms. The highest BCUT2D eigenvalue weighted by Gasteiger charge is 1.89. The molecule has 5 nitrogen and oxygen atoms in total. The van der Waals surface area contributed by atoms with Gasteiger partial charge in [0.15, 0.2) is 0 Å². The van der Waals surface area contributed by atoms with E-state index < -0.39 is 0 Å². The van der Waals surface area contributed by atoms with Crippen LogP contribution in [0.3, 0.4) is 0 Å². The topological polar surface area (TPSA) is 56.0 Å². The summed E-state index contributed by atoms with van der Waals surface area (Å²) in [6.07, 6.45) is 2.78. The van der Waals surface area contributed by atoms with Gasteiger partial charge in [0, 0.05) is 0 Å². The first-order chi connectivity index (χ1) is 4.86. The predicted molar refractivity (Wildman–Crippen MR) is 28.6 cm³/mol. The van der Waals surface area contributed by atoms with E-state index in [0.717, 1.165) is 0 Å². The fraction of sp³-hybridized carbons (Fsp3) is 0. The first-order valence-electron chi connectivity index (χ1n) is 2.85. The Bertz CT molecular complexity index is 322. The minimum Gasteiger partial charge on any atom is -0.225 e. The van der Waals surface area contributed by atoms with Crippen LogP contribution in [0.5, 0.6) is 0 Å². The van der Waals surface area contributed by atoms with E-state index in [0.29, 0.717) is 5.78 Å². The summed E-state index contributed by atoms with van der Waals surface area (Å²) in [5.74, 6) is 0.403. The van der Waals surface area contributed by atoms with Crippen LogP contribution in [0.15, 0.2) is 19.0 Å². The van der Waals surface area contributed by atoms with Crippen LogP contribution in [0.1, 0.15) is 1.37 Å². The molecular weight excluding hydrogens is 118 g/mol. The molecule has 0 atom stereocenters. The van der Waals surface area contributed by atoms with Gasteiger partial charge in [-0.25, -0.2) is 4.98 Å². The van der Waals surface area contributed by atoms with E-state index in [-0.39, 0.29) is 6.30 Å². The first-order valence-corrected chi connectivity index (χ1v) is 2.35. The fourth-order valence-electron chi connectivity index (χ4n) is 0.555. The van der Waals surface area contributed by atoms with E-state index in [1.54, 1.807) is 0 Å². The molecular formula is C4H3N5. The van der Waals surface area contributed by atoms with Crippen LogP contribution in [0.25, 0.3) is 5.78 Å². The smallest absolute Gasteiger partial charge is 0.225 e. The highest BCUT2D eigenvalue weighted by atomic mass is 15.3. The molecule has 0 radical (unpaired) electrons. The van der Waals surface area contributed by atoms with Crippen molar-refractivity contribution in [2.45, 2.75) is 0 Å². The molecule has 2 aromatic heterocycles. The van der Waals surface area contributed by atoms with Crippen LogP contribution in [-0.2, 0) is 0 Å². The summed E-state index contributed by atoms with van der Waals surface area (Å²) in [6, 6.07) is 0. The first kappa shape index (κ1) is 3.49. The molecule has 0 N–H and O–H groups in total. The van der Waals surface area contributed by atoms with Gasteiger partial charge in [-0.05, 0) is 0 Å². The highest BCUT2D eigenvalue weighted by molar-refractivity contribution is 5.19. The van der Waals surface area contributed by atoms with Crippen molar-refractivity contribution in [3.05, 3.63) is 19.0 Å². The lowest BCUT2D eigenvalue weighted by Crippen LogP contribution is -1.89. The average Bonchev–Trinajstić information content (AvgIpc) is 2.27. The Labute approximate surface area is 51.8 Å². The molecule has 5 heteroatoms. The molecule has 0 aliphatic rings. The molecule has 0 bridgehead atoms. The monoisotopic (exact) mass is 122 g/mol. The molecule has 2 heterocycles. The molecule has 0 saturated heterocycles. The average molecular weight is 122 g/mol. The van der Waals surface area contributed by atoms with E-state index in [4.69, 9.17) is 1.37 Å². The summed E-state index contributed by atoms with van der Waals surface area (Å²) in [5.41, 5.74) is 0. The molecule has 0 unspecified atom stereocenters. The third kappa shape index (κ3) is 0.543. The highest BCUT2D eigenvalue weighted by Crippen LogP contribution is 1.84. The van der Waals surface area contributed by atoms with Gasteiger partial charge in [-0.1, -0.05) is 0 Å². The zero-order valence-corrected chi connectivity index (χ0v) is 4.39. The Morgan fingerprint density at radius 3 is 3.44 bits per heavy atom. The minimum atomic E-state index is -0.0412. The van der Waals surface area contributed by atoms with Gasteiger partial charge in [-0.2, -0.15) is 19.6 Å². The molecule has 0 aromatic carbocycles. The molecule has 2 aromatic rings. The largest absolute Gasteiger partial charge is 0.255 e. The lowest BCUT2D eigenvalue weighted by Gasteiger charge is -1.82. The molecule has 0 spiro atoms. The number of nitrogens with zero attached hydrogens (tertiary/aromatic N) is 5. The van der Waals surface area contributed by atoms with Crippen molar-refractivity contribution in [3.63, 3.8) is 0 Å². The second kappa shape index (κ2) is 1.48. The van der Waals surface area contributed by atoms with E-state index >= 15 is 0 Å². The number of hydrogen-bond acceptors (Lipinski definition) is 4. The lowest BCUT2D eigenvalue weighted by molar-refractivity contribution is 0.890. The van der Waals surface area contributed by atoms with Crippen molar-refractivity contribution in [2.24, 2.45) is 0 Å². The maximum Gasteiger partial charge on any atom is 0.255 e. The van der Waals surface area contributed by atoms with Gasteiger partial charge in [0.1, 0.15) is 20.3 Å². The minimum absolute atomic E-state index is 0.0412. The Hall–Kier alpha value is -1.52. The Morgan fingerprint density at radius 1 is 1.56 bits per heavy atom. The lowest BCUT2D eigenvalue weighted by atomic mass is 11.0. The van der Waals surface area contributed by atoms with Crippen molar-refractivity contribution in [2.75, 3.05) is 0 Å². The normalized spacial score (nSPS) is 11.8. The second-order valence-electron chi connectivity index (χ2n) is 1.47. The van der Waals surface area contributed by atoms with E-state index in [1.807, 2.05) is 0 Å². The molecule has 0 aliphatic heterocycles. The van der Waals surface area contributed by atoms with E-state index in [2.05, 4.69) is 20.1 Å². The fourth-order valence-corrected chi connectivity index (χ4v) is 0.555. The summed E-state index contributed by atoms with van der Waals surface area (Å²) in [4.78, 5) is 11.1. The number of aromatic nitrogens is 5. The van der Waals surface area contributed by atoms with Crippen LogP contribution in [0.4, 0.5) is 0 Å². The number of rotatable bonds is 0. The van der Waals surface area contributed by atoms with Crippen LogP contribution >= 0.6 is 0 Å². The Kier molecular flexibility index (Phi) is 0.573. The maximum absolute atomic E-state index is 7.01. The van der Waals surface area contributed by atoms with Crippen molar-refractivity contribution >= 4 is 5.78 Å². The van der Waals surface area contributed by atoms with Gasteiger partial charge >= 0.3 is 0 Å². The standard InChI is InChI=1S/C4H3N5/c1-5-3-9-4(6-1)7-2-8-9/h1-3H/i2D. The van der Waals surface area contributed by atoms with Crippen LogP contribution in [0.2, 0.25) is 0 Å². The zero-order valence-electron chi connectivity index (χ0n) is 5.39. The van der Waals surface area contributed by atoms with Gasteiger partial charge < -0.3 is 0 Å². The molecule has 0 aliphatic carbocycles. The summed E-state index contributed by atoms with van der Waals surface area (Å²) in [5, 5.41) is 3.66. The van der Waals surface area contributed by atoms with Crippen molar-refractivity contribution < 1.29 is 1.37 Å². The van der Waals surface area contributed by atoms with Crippen molar-refractivity contribution in [1.29, 1.82) is 0 Å². The third-order valence-corrected chi connectivity index (χ3v) is 0.923.